The SMILES string of the molecule is NC(=O)c1n[nH]c2ccc3c(c12)CN(CCN1CCCC1)C(=O)C(OC(=O)N1CCC(N2Cc4ccccc4NC2=O)CC1)C3. The molecule has 13 nitrogen and oxygen atoms in total. The van der Waals surface area contributed by atoms with Gasteiger partial charge < -0.3 is 35.4 Å². The molecule has 0 bridgehead atoms. The number of urea groups is 1. The number of aromatic nitrogens is 2. The molecule has 2 fully saturated rings. The number of nitrogens with one attached hydrogen (secondary N) is 2. The van der Waals surface area contributed by atoms with Crippen molar-refractivity contribution in [3.8, 4) is 0 Å². The maximum Gasteiger partial charge on any atom is 0.410 e. The molecule has 4 N–H and O–H groups in total. The molecule has 5 amide bonds. The van der Waals surface area contributed by atoms with Crippen molar-refractivity contribution in [2.75, 3.05) is 44.6 Å². The molecular formula is C32H38N8O5. The number of para-hydroxylation sites is 1. The van der Waals surface area contributed by atoms with E-state index in [0.717, 1.165) is 48.3 Å². The molecule has 4 aliphatic heterocycles. The molecule has 45 heavy (non-hydrogen) atoms. The Hall–Kier alpha value is -4.65. The van der Waals surface area contributed by atoms with Crippen molar-refractivity contribution in [2.24, 2.45) is 5.73 Å². The van der Waals surface area contributed by atoms with Gasteiger partial charge in [0.15, 0.2) is 11.8 Å². The average molecular weight is 615 g/mol. The maximum atomic E-state index is 14.0. The van der Waals surface area contributed by atoms with Crippen LogP contribution in [0.2, 0.25) is 0 Å². The van der Waals surface area contributed by atoms with Crippen LogP contribution in [0.5, 0.6) is 0 Å². The molecule has 2 saturated heterocycles. The third kappa shape index (κ3) is 5.68. The lowest BCUT2D eigenvalue weighted by atomic mass is 9.98. The molecule has 1 atom stereocenters. The van der Waals surface area contributed by atoms with Crippen LogP contribution >= 0.6 is 0 Å². The molecule has 7 rings (SSSR count). The van der Waals surface area contributed by atoms with E-state index in [1.54, 1.807) is 9.80 Å². The number of nitrogens with zero attached hydrogens (tertiary/aromatic N) is 5. The topological polar surface area (TPSA) is 157 Å². The van der Waals surface area contributed by atoms with Crippen molar-refractivity contribution in [1.82, 2.24) is 29.8 Å². The molecule has 1 unspecified atom stereocenters. The lowest BCUT2D eigenvalue weighted by molar-refractivity contribution is -0.141. The van der Waals surface area contributed by atoms with Gasteiger partial charge in [-0.05, 0) is 67.6 Å². The van der Waals surface area contributed by atoms with Gasteiger partial charge in [0.25, 0.3) is 11.8 Å². The summed E-state index contributed by atoms with van der Waals surface area (Å²) in [4.78, 5) is 60.1. The number of benzene rings is 2. The number of carbonyl (C=O) groups is 4. The van der Waals surface area contributed by atoms with Crippen molar-refractivity contribution in [3.63, 3.8) is 0 Å². The summed E-state index contributed by atoms with van der Waals surface area (Å²) in [6.07, 6.45) is 2.14. The first-order chi connectivity index (χ1) is 21.9. The summed E-state index contributed by atoms with van der Waals surface area (Å²) in [5.74, 6) is -0.902. The van der Waals surface area contributed by atoms with Crippen LogP contribution in [0.1, 0.15) is 52.9 Å². The predicted molar refractivity (Wildman–Crippen MR) is 165 cm³/mol. The minimum absolute atomic E-state index is 0.00769. The summed E-state index contributed by atoms with van der Waals surface area (Å²) in [6, 6.07) is 11.4. The van der Waals surface area contributed by atoms with Crippen LogP contribution < -0.4 is 11.1 Å². The van der Waals surface area contributed by atoms with Crippen molar-refractivity contribution in [2.45, 2.75) is 57.3 Å². The van der Waals surface area contributed by atoms with Crippen LogP contribution in [0, 0.1) is 0 Å². The number of hydrogen-bond acceptors (Lipinski definition) is 7. The molecule has 0 aliphatic carbocycles. The fourth-order valence-electron chi connectivity index (χ4n) is 7.16. The number of ether oxygens (including phenoxy) is 1. The van der Waals surface area contributed by atoms with Gasteiger partial charge in [-0.1, -0.05) is 24.3 Å². The number of primary amides is 1. The second kappa shape index (κ2) is 12.0. The first-order valence-corrected chi connectivity index (χ1v) is 15.8. The Kier molecular flexibility index (Phi) is 7.78. The minimum Gasteiger partial charge on any atom is -0.436 e. The standard InChI is InChI=1S/C32H38N8O5/c33-29(41)28-27-23-19-39(16-15-37-11-3-4-12-37)30(42)26(17-20(23)7-8-25(27)35-36-28)45-32(44)38-13-9-22(10-14-38)40-18-21-5-1-2-6-24(21)34-31(40)43/h1-2,5-8,22,26H,3-4,9-19H2,(H2,33,41)(H,34,43)(H,35,36). The zero-order chi connectivity index (χ0) is 31.1. The van der Waals surface area contributed by atoms with Crippen LogP contribution in [0.25, 0.3) is 10.9 Å². The second-order valence-corrected chi connectivity index (χ2v) is 12.4. The molecule has 13 heteroatoms. The number of H-pyrrole nitrogens is 1. The van der Waals surface area contributed by atoms with Crippen LogP contribution in [0.4, 0.5) is 15.3 Å². The first kappa shape index (κ1) is 29.1. The third-order valence-electron chi connectivity index (χ3n) is 9.66. The number of nitrogens with two attached hydrogens (primary N) is 1. The fourth-order valence-corrected chi connectivity index (χ4v) is 7.16. The van der Waals surface area contributed by atoms with Gasteiger partial charge >= 0.3 is 12.1 Å². The summed E-state index contributed by atoms with van der Waals surface area (Å²) in [5.41, 5.74) is 9.97. The quantitative estimate of drug-likeness (QED) is 0.385. The number of anilines is 1. The molecular weight excluding hydrogens is 576 g/mol. The van der Waals surface area contributed by atoms with E-state index in [1.165, 1.54) is 0 Å². The third-order valence-corrected chi connectivity index (χ3v) is 9.66. The Morgan fingerprint density at radius 3 is 2.51 bits per heavy atom. The number of piperidine rings is 1. The zero-order valence-corrected chi connectivity index (χ0v) is 25.2. The van der Waals surface area contributed by atoms with Gasteiger partial charge in [0.05, 0.1) is 5.52 Å². The molecule has 4 aliphatic rings. The second-order valence-electron chi connectivity index (χ2n) is 12.4. The van der Waals surface area contributed by atoms with Crippen molar-refractivity contribution < 1.29 is 23.9 Å². The van der Waals surface area contributed by atoms with Crippen molar-refractivity contribution >= 4 is 40.5 Å². The van der Waals surface area contributed by atoms with Gasteiger partial charge in [-0.2, -0.15) is 5.10 Å². The van der Waals surface area contributed by atoms with E-state index in [1.807, 2.05) is 41.3 Å². The van der Waals surface area contributed by atoms with Gasteiger partial charge in [0, 0.05) is 62.8 Å². The number of carbonyl (C=O) groups excluding carboxylic acids is 4. The molecule has 0 saturated carbocycles. The molecule has 0 spiro atoms. The smallest absolute Gasteiger partial charge is 0.410 e. The van der Waals surface area contributed by atoms with Gasteiger partial charge in [-0.25, -0.2) is 9.59 Å². The maximum absolute atomic E-state index is 14.0. The summed E-state index contributed by atoms with van der Waals surface area (Å²) in [5, 5.41) is 10.6. The van der Waals surface area contributed by atoms with Crippen molar-refractivity contribution in [3.05, 3.63) is 58.8 Å². The summed E-state index contributed by atoms with van der Waals surface area (Å²) < 4.78 is 5.98. The molecule has 0 radical (unpaired) electrons. The van der Waals surface area contributed by atoms with Gasteiger partial charge in [0.2, 0.25) is 0 Å². The summed E-state index contributed by atoms with van der Waals surface area (Å²) in [7, 11) is 0. The number of fused-ring (bicyclic) bond motifs is 4. The molecule has 5 heterocycles. The van der Waals surface area contributed by atoms with Gasteiger partial charge in [-0.15, -0.1) is 0 Å². The highest BCUT2D eigenvalue weighted by Crippen LogP contribution is 2.31. The molecule has 3 aromatic rings. The fraction of sp³-hybridized carbons (Fsp3) is 0.469. The van der Waals surface area contributed by atoms with E-state index in [-0.39, 0.29) is 36.6 Å². The predicted octanol–water partition coefficient (Wildman–Crippen LogP) is 2.66. The summed E-state index contributed by atoms with van der Waals surface area (Å²) in [6.45, 7) is 4.81. The van der Waals surface area contributed by atoms with Crippen molar-refractivity contribution in [1.29, 1.82) is 0 Å². The highest BCUT2D eigenvalue weighted by molar-refractivity contribution is 6.05. The van der Waals surface area contributed by atoms with E-state index in [2.05, 4.69) is 20.4 Å². The largest absolute Gasteiger partial charge is 0.436 e. The Morgan fingerprint density at radius 1 is 0.956 bits per heavy atom. The minimum atomic E-state index is -1.01. The van der Waals surface area contributed by atoms with E-state index in [4.69, 9.17) is 10.5 Å². The zero-order valence-electron chi connectivity index (χ0n) is 25.2. The Balaban J connectivity index is 1.06. The number of aromatic amines is 1. The van der Waals surface area contributed by atoms with Crippen LogP contribution in [0.15, 0.2) is 36.4 Å². The Labute approximate surface area is 260 Å². The van der Waals surface area contributed by atoms with Gasteiger partial charge in [-0.3, -0.25) is 14.7 Å². The Bertz CT molecular complexity index is 1640. The number of rotatable bonds is 6. The number of hydrogen-bond donors (Lipinski definition) is 3. The van der Waals surface area contributed by atoms with Crippen LogP contribution in [0.3, 0.4) is 0 Å². The van der Waals surface area contributed by atoms with E-state index < -0.39 is 18.1 Å². The molecule has 236 valence electrons. The average Bonchev–Trinajstić information content (AvgIpc) is 3.71. The van der Waals surface area contributed by atoms with E-state index >= 15 is 0 Å². The normalized spacial score (nSPS) is 21.0. The lowest BCUT2D eigenvalue weighted by Gasteiger charge is -2.40. The lowest BCUT2D eigenvalue weighted by Crippen LogP contribution is -2.52. The Morgan fingerprint density at radius 2 is 1.73 bits per heavy atom. The number of likely N-dealkylation sites (tertiary alicyclic amines) is 2. The highest BCUT2D eigenvalue weighted by Gasteiger charge is 2.37. The first-order valence-electron chi connectivity index (χ1n) is 15.8. The van der Waals surface area contributed by atoms with Gasteiger partial charge in [0.1, 0.15) is 0 Å². The molecule has 2 aromatic carbocycles. The van der Waals surface area contributed by atoms with Crippen LogP contribution in [-0.2, 0) is 29.0 Å². The van der Waals surface area contributed by atoms with E-state index in [0.29, 0.717) is 56.5 Å². The number of amides is 5. The molecule has 1 aromatic heterocycles. The summed E-state index contributed by atoms with van der Waals surface area (Å²) >= 11 is 0. The van der Waals surface area contributed by atoms with Crippen LogP contribution in [-0.4, -0.2) is 105 Å². The highest BCUT2D eigenvalue weighted by atomic mass is 16.6. The van der Waals surface area contributed by atoms with E-state index in [9.17, 15) is 19.2 Å². The monoisotopic (exact) mass is 614 g/mol.